The van der Waals surface area contributed by atoms with Crippen LogP contribution < -0.4 is 5.73 Å². The highest BCUT2D eigenvalue weighted by molar-refractivity contribution is 5.68. The predicted octanol–water partition coefficient (Wildman–Crippen LogP) is 2.14. The van der Waals surface area contributed by atoms with E-state index < -0.39 is 5.60 Å². The van der Waals surface area contributed by atoms with Crippen LogP contribution in [0.4, 0.5) is 10.6 Å². The van der Waals surface area contributed by atoms with Crippen molar-refractivity contribution in [2.75, 3.05) is 5.73 Å². The molecular formula is C12H22N4O2. The van der Waals surface area contributed by atoms with E-state index in [-0.39, 0.29) is 12.1 Å². The van der Waals surface area contributed by atoms with Gasteiger partial charge < -0.3 is 10.5 Å². The molecule has 0 unspecified atom stereocenters. The Kier molecular flexibility index (Phi) is 4.21. The minimum Gasteiger partial charge on any atom is -0.444 e. The minimum atomic E-state index is -0.503. The molecule has 0 saturated carbocycles. The van der Waals surface area contributed by atoms with Crippen LogP contribution >= 0.6 is 0 Å². The molecule has 0 aliphatic carbocycles. The van der Waals surface area contributed by atoms with Gasteiger partial charge in [-0.15, -0.1) is 0 Å². The van der Waals surface area contributed by atoms with Gasteiger partial charge in [-0.25, -0.2) is 4.79 Å². The zero-order chi connectivity index (χ0) is 13.9. The normalized spacial score (nSPS) is 11.7. The third kappa shape index (κ3) is 4.27. The Labute approximate surface area is 107 Å². The van der Waals surface area contributed by atoms with E-state index in [2.05, 4.69) is 10.2 Å². The first-order valence-corrected chi connectivity index (χ1v) is 5.98. The van der Waals surface area contributed by atoms with Crippen molar-refractivity contribution in [3.05, 3.63) is 11.8 Å². The number of anilines is 1. The van der Waals surface area contributed by atoms with E-state index in [0.717, 1.165) is 5.69 Å². The number of aromatic nitrogens is 2. The van der Waals surface area contributed by atoms with E-state index in [1.807, 2.05) is 34.6 Å². The molecular weight excluding hydrogens is 232 g/mol. The zero-order valence-corrected chi connectivity index (χ0v) is 11.7. The summed E-state index contributed by atoms with van der Waals surface area (Å²) in [5, 5.41) is 6.62. The number of nitrogens with zero attached hydrogens (tertiary/aromatic N) is 2. The van der Waals surface area contributed by atoms with E-state index in [1.165, 1.54) is 0 Å². The molecule has 1 rings (SSSR count). The minimum absolute atomic E-state index is 0.0318. The summed E-state index contributed by atoms with van der Waals surface area (Å²) in [4.78, 5) is 13.7. The van der Waals surface area contributed by atoms with Crippen molar-refractivity contribution in [2.45, 2.75) is 52.8 Å². The van der Waals surface area contributed by atoms with Crippen LogP contribution in [0.1, 0.15) is 40.3 Å². The summed E-state index contributed by atoms with van der Waals surface area (Å²) in [5.74, 6) is 0.415. The number of amides is 1. The Bertz CT molecular complexity index is 406. The first kappa shape index (κ1) is 14.3. The topological polar surface area (TPSA) is 84.2 Å². The molecule has 0 radical (unpaired) electrons. The van der Waals surface area contributed by atoms with Gasteiger partial charge in [0.2, 0.25) is 0 Å². The van der Waals surface area contributed by atoms with Gasteiger partial charge in [0.1, 0.15) is 11.4 Å². The zero-order valence-electron chi connectivity index (χ0n) is 11.7. The van der Waals surface area contributed by atoms with Crippen molar-refractivity contribution < 1.29 is 9.53 Å². The average Bonchev–Trinajstić information content (AvgIpc) is 2.57. The van der Waals surface area contributed by atoms with Crippen LogP contribution in [0.15, 0.2) is 6.07 Å². The molecule has 0 aliphatic rings. The summed E-state index contributed by atoms with van der Waals surface area (Å²) >= 11 is 0. The van der Waals surface area contributed by atoms with Crippen molar-refractivity contribution in [3.8, 4) is 0 Å². The number of nitrogens with one attached hydrogen (secondary N) is 1. The lowest BCUT2D eigenvalue weighted by molar-refractivity contribution is 0.0169. The van der Waals surface area contributed by atoms with Crippen LogP contribution in [0.25, 0.3) is 0 Å². The Balaban J connectivity index is 2.74. The largest absolute Gasteiger partial charge is 0.444 e. The summed E-state index contributed by atoms with van der Waals surface area (Å²) in [6.45, 7) is 9.80. The number of hydrogen-bond acceptors (Lipinski definition) is 4. The number of rotatable bonds is 3. The first-order valence-electron chi connectivity index (χ1n) is 5.98. The Hall–Kier alpha value is -1.72. The van der Waals surface area contributed by atoms with Crippen molar-refractivity contribution in [1.82, 2.24) is 15.1 Å². The lowest BCUT2D eigenvalue weighted by atomic mass is 10.2. The molecule has 3 N–H and O–H groups in total. The summed E-state index contributed by atoms with van der Waals surface area (Å²) in [6.07, 6.45) is -0.342. The predicted molar refractivity (Wildman–Crippen MR) is 69.9 cm³/mol. The quantitative estimate of drug-likeness (QED) is 0.865. The van der Waals surface area contributed by atoms with Crippen molar-refractivity contribution in [3.63, 3.8) is 0 Å². The molecule has 0 aliphatic heterocycles. The first-order chi connectivity index (χ1) is 8.19. The molecule has 1 amide bonds. The van der Waals surface area contributed by atoms with Crippen LogP contribution in [0, 0.1) is 0 Å². The highest BCUT2D eigenvalue weighted by atomic mass is 16.6. The molecule has 0 bridgehead atoms. The fraction of sp³-hybridized carbons (Fsp3) is 0.667. The maximum Gasteiger partial charge on any atom is 0.410 e. The summed E-state index contributed by atoms with van der Waals surface area (Å²) in [5.41, 5.74) is 5.81. The molecule has 0 saturated heterocycles. The monoisotopic (exact) mass is 254 g/mol. The second-order valence-corrected chi connectivity index (χ2v) is 5.52. The van der Waals surface area contributed by atoms with Gasteiger partial charge in [0.25, 0.3) is 0 Å². The molecule has 0 atom stereocenters. The number of ether oxygens (including phenoxy) is 1. The van der Waals surface area contributed by atoms with Gasteiger partial charge >= 0.3 is 6.09 Å². The standard InChI is InChI=1S/C12H22N4O2/c1-8(2)16(11(17)18-12(3,4)5)7-9-6-10(13)15-14-9/h6,8H,7H2,1-5H3,(H3,13,14,15). The van der Waals surface area contributed by atoms with Gasteiger partial charge in [-0.3, -0.25) is 10.00 Å². The highest BCUT2D eigenvalue weighted by Crippen LogP contribution is 2.14. The Morgan fingerprint density at radius 1 is 1.56 bits per heavy atom. The fourth-order valence-corrected chi connectivity index (χ4v) is 1.42. The fourth-order valence-electron chi connectivity index (χ4n) is 1.42. The van der Waals surface area contributed by atoms with Crippen LogP contribution in [0.5, 0.6) is 0 Å². The third-order valence-electron chi connectivity index (χ3n) is 2.24. The van der Waals surface area contributed by atoms with Crippen molar-refractivity contribution in [2.24, 2.45) is 0 Å². The van der Waals surface area contributed by atoms with Gasteiger partial charge in [-0.2, -0.15) is 5.10 Å². The molecule has 1 heterocycles. The lowest BCUT2D eigenvalue weighted by Gasteiger charge is -2.29. The second-order valence-electron chi connectivity index (χ2n) is 5.52. The Morgan fingerprint density at radius 2 is 2.17 bits per heavy atom. The highest BCUT2D eigenvalue weighted by Gasteiger charge is 2.24. The van der Waals surface area contributed by atoms with E-state index in [9.17, 15) is 4.79 Å². The lowest BCUT2D eigenvalue weighted by Crippen LogP contribution is -2.40. The number of carbonyl (C=O) groups is 1. The van der Waals surface area contributed by atoms with E-state index >= 15 is 0 Å². The van der Waals surface area contributed by atoms with Gasteiger partial charge in [-0.1, -0.05) is 0 Å². The molecule has 0 fully saturated rings. The SMILES string of the molecule is CC(C)N(Cc1cc(N)n[nH]1)C(=O)OC(C)(C)C. The maximum absolute atomic E-state index is 12.0. The third-order valence-corrected chi connectivity index (χ3v) is 2.24. The molecule has 6 heteroatoms. The molecule has 0 spiro atoms. The van der Waals surface area contributed by atoms with Crippen LogP contribution in [-0.4, -0.2) is 32.8 Å². The molecule has 6 nitrogen and oxygen atoms in total. The second kappa shape index (κ2) is 5.29. The molecule has 1 aromatic heterocycles. The molecule has 102 valence electrons. The Morgan fingerprint density at radius 3 is 2.56 bits per heavy atom. The van der Waals surface area contributed by atoms with E-state index in [1.54, 1.807) is 11.0 Å². The van der Waals surface area contributed by atoms with Gasteiger partial charge in [0.05, 0.1) is 12.2 Å². The molecule has 1 aromatic rings. The molecule has 18 heavy (non-hydrogen) atoms. The van der Waals surface area contributed by atoms with Crippen molar-refractivity contribution in [1.29, 1.82) is 0 Å². The number of aromatic amines is 1. The summed E-state index contributed by atoms with van der Waals surface area (Å²) < 4.78 is 5.36. The van der Waals surface area contributed by atoms with E-state index in [4.69, 9.17) is 10.5 Å². The number of carbonyl (C=O) groups excluding carboxylic acids is 1. The average molecular weight is 254 g/mol. The van der Waals surface area contributed by atoms with Crippen LogP contribution in [-0.2, 0) is 11.3 Å². The smallest absolute Gasteiger partial charge is 0.410 e. The van der Waals surface area contributed by atoms with E-state index in [0.29, 0.717) is 12.4 Å². The number of nitrogen functional groups attached to an aromatic ring is 1. The summed E-state index contributed by atoms with van der Waals surface area (Å²) in [7, 11) is 0. The van der Waals surface area contributed by atoms with Gasteiger partial charge in [-0.05, 0) is 34.6 Å². The number of nitrogens with two attached hydrogens (primary N) is 1. The van der Waals surface area contributed by atoms with Gasteiger partial charge in [0.15, 0.2) is 0 Å². The summed E-state index contributed by atoms with van der Waals surface area (Å²) in [6, 6.07) is 1.74. The van der Waals surface area contributed by atoms with Crippen LogP contribution in [0.2, 0.25) is 0 Å². The van der Waals surface area contributed by atoms with Crippen molar-refractivity contribution >= 4 is 11.9 Å². The van der Waals surface area contributed by atoms with Crippen LogP contribution in [0.3, 0.4) is 0 Å². The maximum atomic E-state index is 12.0. The van der Waals surface area contributed by atoms with Gasteiger partial charge in [0, 0.05) is 12.1 Å². The number of H-pyrrole nitrogens is 1. The molecule has 0 aromatic carbocycles. The number of hydrogen-bond donors (Lipinski definition) is 2.